The van der Waals surface area contributed by atoms with Gasteiger partial charge in [0, 0.05) is 18.2 Å². The zero-order chi connectivity index (χ0) is 32.6. The van der Waals surface area contributed by atoms with Crippen LogP contribution in [-0.2, 0) is 11.2 Å². The van der Waals surface area contributed by atoms with Crippen LogP contribution >= 0.6 is 0 Å². The summed E-state index contributed by atoms with van der Waals surface area (Å²) < 4.78 is 28.1. The van der Waals surface area contributed by atoms with Crippen LogP contribution < -0.4 is 0 Å². The van der Waals surface area contributed by atoms with Gasteiger partial charge in [0.25, 0.3) is 5.91 Å². The van der Waals surface area contributed by atoms with Crippen molar-refractivity contribution in [1.29, 1.82) is 5.26 Å². The highest BCUT2D eigenvalue weighted by molar-refractivity contribution is 6.06. The molecule has 6 rings (SSSR count). The van der Waals surface area contributed by atoms with Crippen LogP contribution in [0.4, 0.5) is 8.78 Å². The number of carbonyl (C=O) groups excluding carboxylic acids is 1. The van der Waals surface area contributed by atoms with Crippen molar-refractivity contribution in [3.63, 3.8) is 0 Å². The lowest BCUT2D eigenvalue weighted by molar-refractivity contribution is -0.130. The normalized spacial score (nSPS) is 24.0. The number of nitriles is 1. The molecule has 1 saturated heterocycles. The number of carbonyl (C=O) groups is 1. The average Bonchev–Trinajstić information content (AvgIpc) is 3.23. The molecule has 0 aromatic heterocycles. The number of fused-ring (bicyclic) bond motifs is 2. The average molecular weight is 619 g/mol. The van der Waals surface area contributed by atoms with E-state index in [2.05, 4.69) is 32.6 Å². The summed E-state index contributed by atoms with van der Waals surface area (Å²) in [5, 5.41) is 9.44. The topological polar surface area (TPSA) is 68.8 Å². The Balaban J connectivity index is 1.42. The van der Waals surface area contributed by atoms with E-state index in [1.165, 1.54) is 12.1 Å². The maximum atomic E-state index is 14.4. The van der Waals surface area contributed by atoms with Gasteiger partial charge in [-0.05, 0) is 129 Å². The second-order valence-electron chi connectivity index (χ2n) is 13.6. The predicted molar refractivity (Wildman–Crippen MR) is 180 cm³/mol. The quantitative estimate of drug-likeness (QED) is 0.278. The van der Waals surface area contributed by atoms with Crippen LogP contribution in [0.2, 0.25) is 0 Å². The smallest absolute Gasteiger partial charge is 0.252 e. The van der Waals surface area contributed by atoms with E-state index in [4.69, 9.17) is 9.98 Å². The molecule has 4 atom stereocenters. The number of likely N-dealkylation sites (N-methyl/N-ethyl adjacent to an activating group) is 1. The van der Waals surface area contributed by atoms with Crippen LogP contribution in [0, 0.1) is 40.7 Å². The fourth-order valence-corrected chi connectivity index (χ4v) is 7.71. The molecule has 46 heavy (non-hydrogen) atoms. The lowest BCUT2D eigenvalue weighted by Crippen LogP contribution is -2.48. The summed E-state index contributed by atoms with van der Waals surface area (Å²) in [6.07, 6.45) is 6.43. The van der Waals surface area contributed by atoms with Gasteiger partial charge in [-0.1, -0.05) is 43.0 Å². The van der Waals surface area contributed by atoms with Crippen LogP contribution in [0.15, 0.2) is 77.2 Å². The van der Waals surface area contributed by atoms with Gasteiger partial charge in [-0.3, -0.25) is 19.7 Å². The Morgan fingerprint density at radius 3 is 2.63 bits per heavy atom. The Morgan fingerprint density at radius 2 is 1.89 bits per heavy atom. The summed E-state index contributed by atoms with van der Waals surface area (Å²) in [5.41, 5.74) is 5.61. The van der Waals surface area contributed by atoms with Crippen molar-refractivity contribution in [2.45, 2.75) is 70.9 Å². The van der Waals surface area contributed by atoms with Crippen molar-refractivity contribution >= 4 is 23.5 Å². The standard InChI is InChI=1S/C39H40F2N4O/c1-5-27-21-29(13-14-32(27)28-9-7-8-25(17-28)23-42)35-20-26(16-24-10-15-33(40)34(41)19-24)18-30-11-12-31-22-39(3,4)44-37(31)45(6-2)38(46)36(30)43-35/h5,7-10,13-15,17,19,21,26,30-31,36H,1,6,11-12,16,18,20,22H2,2-4H3/t26?,30?,31?,36-/m1/s1. The van der Waals surface area contributed by atoms with Crippen molar-refractivity contribution < 1.29 is 13.6 Å². The van der Waals surface area contributed by atoms with E-state index < -0.39 is 17.7 Å². The zero-order valence-electron chi connectivity index (χ0n) is 26.8. The molecule has 3 aromatic carbocycles. The van der Waals surface area contributed by atoms with Gasteiger partial charge < -0.3 is 0 Å². The molecule has 5 nitrogen and oxygen atoms in total. The highest BCUT2D eigenvalue weighted by Gasteiger charge is 2.44. The molecule has 0 aliphatic carbocycles. The van der Waals surface area contributed by atoms with Gasteiger partial charge in [0.2, 0.25) is 0 Å². The molecule has 7 heteroatoms. The maximum Gasteiger partial charge on any atom is 0.252 e. The molecule has 3 aliphatic heterocycles. The fourth-order valence-electron chi connectivity index (χ4n) is 7.71. The highest BCUT2D eigenvalue weighted by atomic mass is 19.2. The minimum absolute atomic E-state index is 0.00601. The minimum Gasteiger partial charge on any atom is -0.299 e. The Hall–Kier alpha value is -4.44. The van der Waals surface area contributed by atoms with Crippen LogP contribution in [-0.4, -0.2) is 40.5 Å². The number of halogens is 2. The third-order valence-corrected chi connectivity index (χ3v) is 9.80. The van der Waals surface area contributed by atoms with Gasteiger partial charge in [0.05, 0.1) is 17.2 Å². The van der Waals surface area contributed by atoms with Gasteiger partial charge in [-0.25, -0.2) is 8.78 Å². The second-order valence-corrected chi connectivity index (χ2v) is 13.6. The van der Waals surface area contributed by atoms with Gasteiger partial charge >= 0.3 is 0 Å². The Morgan fingerprint density at radius 1 is 1.07 bits per heavy atom. The summed E-state index contributed by atoms with van der Waals surface area (Å²) in [6, 6.07) is 19.4. The summed E-state index contributed by atoms with van der Waals surface area (Å²) >= 11 is 0. The number of benzene rings is 3. The Labute approximate surface area is 270 Å². The maximum absolute atomic E-state index is 14.4. The van der Waals surface area contributed by atoms with E-state index in [1.54, 1.807) is 18.2 Å². The summed E-state index contributed by atoms with van der Waals surface area (Å²) in [5.74, 6) is -0.480. The molecule has 3 heterocycles. The van der Waals surface area contributed by atoms with Crippen molar-refractivity contribution in [1.82, 2.24) is 4.90 Å². The van der Waals surface area contributed by atoms with Crippen molar-refractivity contribution in [2.24, 2.45) is 27.7 Å². The van der Waals surface area contributed by atoms with Gasteiger partial charge in [0.15, 0.2) is 11.6 Å². The monoisotopic (exact) mass is 618 g/mol. The van der Waals surface area contributed by atoms with E-state index in [1.807, 2.05) is 42.2 Å². The Kier molecular flexibility index (Phi) is 8.74. The summed E-state index contributed by atoms with van der Waals surface area (Å²) in [7, 11) is 0. The van der Waals surface area contributed by atoms with E-state index in [9.17, 15) is 18.8 Å². The van der Waals surface area contributed by atoms with Crippen LogP contribution in [0.25, 0.3) is 17.2 Å². The van der Waals surface area contributed by atoms with E-state index in [-0.39, 0.29) is 29.2 Å². The lowest BCUT2D eigenvalue weighted by Gasteiger charge is -2.35. The summed E-state index contributed by atoms with van der Waals surface area (Å²) in [6.45, 7) is 10.9. The van der Waals surface area contributed by atoms with Crippen molar-refractivity contribution in [2.75, 3.05) is 6.54 Å². The number of aliphatic imine (C=N–C) groups is 2. The number of rotatable bonds is 6. The van der Waals surface area contributed by atoms with Crippen LogP contribution in [0.5, 0.6) is 0 Å². The molecular formula is C39H40F2N4O. The van der Waals surface area contributed by atoms with Crippen molar-refractivity contribution in [3.8, 4) is 17.2 Å². The number of amides is 1. The molecule has 0 saturated carbocycles. The predicted octanol–water partition coefficient (Wildman–Crippen LogP) is 8.41. The first kappa shape index (κ1) is 31.5. The molecule has 1 amide bonds. The molecule has 0 radical (unpaired) electrons. The molecule has 0 bridgehead atoms. The summed E-state index contributed by atoms with van der Waals surface area (Å²) in [4.78, 5) is 26.6. The molecule has 3 aliphatic rings. The highest BCUT2D eigenvalue weighted by Crippen LogP contribution is 2.41. The third-order valence-electron chi connectivity index (χ3n) is 9.80. The molecule has 236 valence electrons. The lowest BCUT2D eigenvalue weighted by atomic mass is 9.78. The zero-order valence-corrected chi connectivity index (χ0v) is 26.8. The van der Waals surface area contributed by atoms with Gasteiger partial charge in [-0.2, -0.15) is 5.26 Å². The SMILES string of the molecule is C=Cc1cc(C2=N[C@H]3C(=O)N(CC)C4=NC(C)(C)CC4CCC3CC(Cc3ccc(F)c(F)c3)C2)ccc1-c1cccc(C#N)c1. The fraction of sp³-hybridized carbons (Fsp3) is 0.385. The molecule has 3 unspecified atom stereocenters. The van der Waals surface area contributed by atoms with Crippen LogP contribution in [0.3, 0.4) is 0 Å². The first-order chi connectivity index (χ1) is 22.1. The molecule has 3 aromatic rings. The first-order valence-electron chi connectivity index (χ1n) is 16.3. The molecular weight excluding hydrogens is 578 g/mol. The number of nitrogens with zero attached hydrogens (tertiary/aromatic N) is 4. The van der Waals surface area contributed by atoms with E-state index in [0.717, 1.165) is 65.0 Å². The number of likely N-dealkylation sites (tertiary alicyclic amines) is 1. The molecule has 0 spiro atoms. The largest absolute Gasteiger partial charge is 0.299 e. The number of hydrogen-bond donors (Lipinski definition) is 0. The van der Waals surface area contributed by atoms with E-state index >= 15 is 0 Å². The van der Waals surface area contributed by atoms with Crippen LogP contribution in [0.1, 0.15) is 75.1 Å². The first-order valence-corrected chi connectivity index (χ1v) is 16.3. The minimum atomic E-state index is -0.855. The van der Waals surface area contributed by atoms with E-state index in [0.29, 0.717) is 24.9 Å². The van der Waals surface area contributed by atoms with Gasteiger partial charge in [0.1, 0.15) is 11.9 Å². The molecule has 0 N–H and O–H groups in total. The number of hydrogen-bond acceptors (Lipinski definition) is 4. The Bertz CT molecular complexity index is 1780. The van der Waals surface area contributed by atoms with Crippen molar-refractivity contribution in [3.05, 3.63) is 101 Å². The third kappa shape index (κ3) is 6.31. The molecule has 1 fully saturated rings. The van der Waals surface area contributed by atoms with Gasteiger partial charge in [-0.15, -0.1) is 0 Å². The number of amidine groups is 1. The second kappa shape index (κ2) is 12.7.